The van der Waals surface area contributed by atoms with Crippen molar-refractivity contribution in [3.05, 3.63) is 23.9 Å². The number of carbonyl (C=O) groups excluding carboxylic acids is 1. The van der Waals surface area contributed by atoms with Crippen LogP contribution in [0.2, 0.25) is 0 Å². The smallest absolute Gasteiger partial charge is 0.222 e. The van der Waals surface area contributed by atoms with Crippen molar-refractivity contribution in [2.45, 2.75) is 45.8 Å². The lowest BCUT2D eigenvalue weighted by Gasteiger charge is -2.17. The van der Waals surface area contributed by atoms with Crippen LogP contribution in [-0.4, -0.2) is 35.2 Å². The van der Waals surface area contributed by atoms with Crippen molar-refractivity contribution in [2.24, 2.45) is 5.92 Å². The van der Waals surface area contributed by atoms with Gasteiger partial charge < -0.3 is 15.3 Å². The highest BCUT2D eigenvalue weighted by Crippen LogP contribution is 2.18. The van der Waals surface area contributed by atoms with E-state index in [0.29, 0.717) is 6.54 Å². The molecule has 1 fully saturated rings. The molecule has 0 aromatic carbocycles. The molecular formula is C16H25N3O2. The Bertz CT molecular complexity index is 470. The molecule has 1 aromatic rings. The van der Waals surface area contributed by atoms with Crippen LogP contribution in [0.25, 0.3) is 0 Å². The Balaban J connectivity index is 1.85. The van der Waals surface area contributed by atoms with Crippen LogP contribution in [0.15, 0.2) is 18.3 Å². The van der Waals surface area contributed by atoms with Crippen LogP contribution in [0.1, 0.15) is 38.7 Å². The number of aliphatic hydroxyl groups is 1. The van der Waals surface area contributed by atoms with Gasteiger partial charge in [0.2, 0.25) is 5.91 Å². The summed E-state index contributed by atoms with van der Waals surface area (Å²) >= 11 is 0. The second kappa shape index (κ2) is 7.41. The van der Waals surface area contributed by atoms with Gasteiger partial charge in [0.05, 0.1) is 12.5 Å². The first kappa shape index (κ1) is 15.8. The maximum Gasteiger partial charge on any atom is 0.222 e. The zero-order valence-electron chi connectivity index (χ0n) is 12.9. The summed E-state index contributed by atoms with van der Waals surface area (Å²) in [6, 6.07) is 3.95. The van der Waals surface area contributed by atoms with Crippen LogP contribution in [0.3, 0.4) is 0 Å². The molecule has 2 rings (SSSR count). The minimum Gasteiger partial charge on any atom is -0.392 e. The highest BCUT2D eigenvalue weighted by molar-refractivity contribution is 5.76. The maximum absolute atomic E-state index is 11.8. The third-order valence-corrected chi connectivity index (χ3v) is 3.89. The Morgan fingerprint density at radius 1 is 1.43 bits per heavy atom. The van der Waals surface area contributed by atoms with Crippen molar-refractivity contribution in [3.63, 3.8) is 0 Å². The summed E-state index contributed by atoms with van der Waals surface area (Å²) in [6.45, 7) is 6.41. The molecule has 2 heterocycles. The van der Waals surface area contributed by atoms with Crippen LogP contribution in [-0.2, 0) is 11.3 Å². The number of anilines is 1. The quantitative estimate of drug-likeness (QED) is 0.837. The number of aliphatic hydroxyl groups excluding tert-OH is 1. The molecule has 0 spiro atoms. The third-order valence-electron chi connectivity index (χ3n) is 3.89. The first-order chi connectivity index (χ1) is 10.1. The van der Waals surface area contributed by atoms with Gasteiger partial charge in [-0.1, -0.05) is 13.8 Å². The average Bonchev–Trinajstić information content (AvgIpc) is 2.99. The molecule has 1 saturated heterocycles. The third kappa shape index (κ3) is 4.70. The van der Waals surface area contributed by atoms with E-state index >= 15 is 0 Å². The summed E-state index contributed by atoms with van der Waals surface area (Å²) in [5.41, 5.74) is 1.04. The second-order valence-corrected chi connectivity index (χ2v) is 6.01. The topological polar surface area (TPSA) is 65.5 Å². The first-order valence-electron chi connectivity index (χ1n) is 7.71. The van der Waals surface area contributed by atoms with Crippen molar-refractivity contribution in [1.82, 2.24) is 10.3 Å². The standard InChI is InChI=1S/C16H25N3O2/c1-12(2)14(20)10-16(21)18-11-13-5-6-17-15(9-13)19-7-3-4-8-19/h5-6,9,12,14,20H,3-4,7-8,10-11H2,1-2H3,(H,18,21). The van der Waals surface area contributed by atoms with E-state index in [0.717, 1.165) is 24.5 Å². The van der Waals surface area contributed by atoms with E-state index in [4.69, 9.17) is 0 Å². The molecule has 1 unspecified atom stereocenters. The largest absolute Gasteiger partial charge is 0.392 e. The molecule has 1 amide bonds. The van der Waals surface area contributed by atoms with Crippen molar-refractivity contribution in [1.29, 1.82) is 0 Å². The number of carbonyl (C=O) groups is 1. The number of pyridine rings is 1. The SMILES string of the molecule is CC(C)C(O)CC(=O)NCc1ccnc(N2CCCC2)c1. The molecule has 0 bridgehead atoms. The number of hydrogen-bond acceptors (Lipinski definition) is 4. The molecule has 2 N–H and O–H groups in total. The van der Waals surface area contributed by atoms with E-state index in [2.05, 4.69) is 15.2 Å². The zero-order valence-corrected chi connectivity index (χ0v) is 12.9. The predicted octanol–water partition coefficient (Wildman–Crippen LogP) is 1.70. The average molecular weight is 291 g/mol. The minimum atomic E-state index is -0.581. The van der Waals surface area contributed by atoms with Gasteiger partial charge in [-0.25, -0.2) is 4.98 Å². The van der Waals surface area contributed by atoms with E-state index in [1.165, 1.54) is 12.8 Å². The van der Waals surface area contributed by atoms with Gasteiger partial charge in [0, 0.05) is 25.8 Å². The summed E-state index contributed by atoms with van der Waals surface area (Å²) in [5.74, 6) is 0.968. The van der Waals surface area contributed by atoms with E-state index in [9.17, 15) is 9.90 Å². The Kier molecular flexibility index (Phi) is 5.56. The lowest BCUT2D eigenvalue weighted by atomic mass is 10.0. The van der Waals surface area contributed by atoms with E-state index in [-0.39, 0.29) is 18.2 Å². The lowest BCUT2D eigenvalue weighted by Crippen LogP contribution is -2.29. The van der Waals surface area contributed by atoms with Crippen LogP contribution in [0, 0.1) is 5.92 Å². The molecule has 116 valence electrons. The molecule has 5 heteroatoms. The van der Waals surface area contributed by atoms with Crippen LogP contribution < -0.4 is 10.2 Å². The lowest BCUT2D eigenvalue weighted by molar-refractivity contribution is -0.123. The van der Waals surface area contributed by atoms with Crippen molar-refractivity contribution in [2.75, 3.05) is 18.0 Å². The number of aromatic nitrogens is 1. The van der Waals surface area contributed by atoms with Crippen LogP contribution in [0.4, 0.5) is 5.82 Å². The highest BCUT2D eigenvalue weighted by Gasteiger charge is 2.15. The summed E-state index contributed by atoms with van der Waals surface area (Å²) in [7, 11) is 0. The number of nitrogens with zero attached hydrogens (tertiary/aromatic N) is 2. The van der Waals surface area contributed by atoms with Gasteiger partial charge in [-0.3, -0.25) is 4.79 Å². The van der Waals surface area contributed by atoms with Crippen LogP contribution >= 0.6 is 0 Å². The van der Waals surface area contributed by atoms with Crippen molar-refractivity contribution in [3.8, 4) is 0 Å². The molecule has 1 aliphatic rings. The molecule has 0 aliphatic carbocycles. The number of nitrogens with one attached hydrogen (secondary N) is 1. The van der Waals surface area contributed by atoms with Gasteiger partial charge in [0.15, 0.2) is 0 Å². The van der Waals surface area contributed by atoms with E-state index < -0.39 is 6.10 Å². The fraction of sp³-hybridized carbons (Fsp3) is 0.625. The Morgan fingerprint density at radius 2 is 2.14 bits per heavy atom. The second-order valence-electron chi connectivity index (χ2n) is 6.01. The summed E-state index contributed by atoms with van der Waals surface area (Å²) < 4.78 is 0. The van der Waals surface area contributed by atoms with E-state index in [1.807, 2.05) is 26.0 Å². The molecular weight excluding hydrogens is 266 g/mol. The number of hydrogen-bond donors (Lipinski definition) is 2. The fourth-order valence-corrected chi connectivity index (χ4v) is 2.39. The molecule has 1 atom stereocenters. The van der Waals surface area contributed by atoms with Crippen molar-refractivity contribution >= 4 is 11.7 Å². The van der Waals surface area contributed by atoms with Gasteiger partial charge >= 0.3 is 0 Å². The van der Waals surface area contributed by atoms with Gasteiger partial charge in [-0.05, 0) is 36.5 Å². The molecule has 0 radical (unpaired) electrons. The fourth-order valence-electron chi connectivity index (χ4n) is 2.39. The maximum atomic E-state index is 11.8. The van der Waals surface area contributed by atoms with Crippen molar-refractivity contribution < 1.29 is 9.90 Å². The number of amides is 1. The van der Waals surface area contributed by atoms with Gasteiger partial charge in [0.1, 0.15) is 5.82 Å². The van der Waals surface area contributed by atoms with Gasteiger partial charge in [0.25, 0.3) is 0 Å². The zero-order chi connectivity index (χ0) is 15.2. The normalized spacial score (nSPS) is 16.3. The monoisotopic (exact) mass is 291 g/mol. The summed E-state index contributed by atoms with van der Waals surface area (Å²) in [4.78, 5) is 18.4. The molecule has 5 nitrogen and oxygen atoms in total. The number of rotatable bonds is 6. The molecule has 0 saturated carbocycles. The Labute approximate surface area is 126 Å². The molecule has 1 aliphatic heterocycles. The van der Waals surface area contributed by atoms with Gasteiger partial charge in [-0.15, -0.1) is 0 Å². The molecule has 21 heavy (non-hydrogen) atoms. The molecule has 1 aromatic heterocycles. The highest BCUT2D eigenvalue weighted by atomic mass is 16.3. The Hall–Kier alpha value is -1.62. The van der Waals surface area contributed by atoms with Gasteiger partial charge in [-0.2, -0.15) is 0 Å². The summed E-state index contributed by atoms with van der Waals surface area (Å²) in [5, 5.41) is 12.6. The van der Waals surface area contributed by atoms with E-state index in [1.54, 1.807) is 6.20 Å². The predicted molar refractivity (Wildman–Crippen MR) is 83.0 cm³/mol. The minimum absolute atomic E-state index is 0.0958. The Morgan fingerprint density at radius 3 is 2.81 bits per heavy atom. The first-order valence-corrected chi connectivity index (χ1v) is 7.71. The van der Waals surface area contributed by atoms with Crippen LogP contribution in [0.5, 0.6) is 0 Å². The summed E-state index contributed by atoms with van der Waals surface area (Å²) in [6.07, 6.45) is 3.80.